The third-order valence-corrected chi connectivity index (χ3v) is 5.79. The summed E-state index contributed by atoms with van der Waals surface area (Å²) >= 11 is 0. The van der Waals surface area contributed by atoms with Crippen LogP contribution in [0.2, 0.25) is 0 Å². The van der Waals surface area contributed by atoms with Crippen LogP contribution < -0.4 is 25.0 Å². The van der Waals surface area contributed by atoms with Gasteiger partial charge in [0.1, 0.15) is 5.82 Å². The van der Waals surface area contributed by atoms with Crippen LogP contribution in [0.4, 0.5) is 10.1 Å². The molecule has 3 N–H and O–H groups in total. The fourth-order valence-electron chi connectivity index (χ4n) is 4.08. The summed E-state index contributed by atoms with van der Waals surface area (Å²) in [5.41, 5.74) is 1.49. The van der Waals surface area contributed by atoms with Gasteiger partial charge >= 0.3 is 11.8 Å². The Balaban J connectivity index is 1.47. The van der Waals surface area contributed by atoms with Crippen LogP contribution in [-0.4, -0.2) is 74.5 Å². The maximum absolute atomic E-state index is 14.2. The second-order valence-electron chi connectivity index (χ2n) is 7.79. The summed E-state index contributed by atoms with van der Waals surface area (Å²) < 4.78 is 25.1. The smallest absolute Gasteiger partial charge is 0.309 e. The Morgan fingerprint density at radius 3 is 2.48 bits per heavy atom. The number of aliphatic hydroxyl groups is 1. The molecule has 0 radical (unpaired) electrons. The van der Waals surface area contributed by atoms with Gasteiger partial charge in [-0.1, -0.05) is 18.2 Å². The molecular weight excluding hydrogens is 431 g/mol. The molecule has 2 amide bonds. The van der Waals surface area contributed by atoms with Gasteiger partial charge in [0, 0.05) is 39.3 Å². The maximum atomic E-state index is 14.2. The van der Waals surface area contributed by atoms with Gasteiger partial charge in [-0.05, 0) is 29.8 Å². The summed E-state index contributed by atoms with van der Waals surface area (Å²) in [4.78, 5) is 28.3. The number of hydrogen-bond acceptors (Lipinski definition) is 7. The topological polar surface area (TPSA) is 103 Å². The van der Waals surface area contributed by atoms with Crippen molar-refractivity contribution < 1.29 is 28.6 Å². The number of rotatable bonds is 7. The fraction of sp³-hybridized carbons (Fsp3) is 0.391. The lowest BCUT2D eigenvalue weighted by atomic mass is 10.0. The van der Waals surface area contributed by atoms with E-state index in [2.05, 4.69) is 15.5 Å². The van der Waals surface area contributed by atoms with E-state index in [0.29, 0.717) is 43.4 Å². The standard InChI is InChI=1S/C23H27FN4O5/c24-17-3-1-2-4-18(17)27-8-10-28(11-9-27)19(14-26-23(31)22(30)25-7-12-29)16-5-6-20-21(13-16)33-15-32-20/h1-6,13,19,29H,7-12,14-15H2,(H,25,30)(H,26,31)/t19-/m1/s1. The molecule has 176 valence electrons. The number of benzene rings is 2. The first-order valence-electron chi connectivity index (χ1n) is 10.9. The lowest BCUT2D eigenvalue weighted by Crippen LogP contribution is -2.51. The number of nitrogens with one attached hydrogen (secondary N) is 2. The first-order valence-corrected chi connectivity index (χ1v) is 10.9. The van der Waals surface area contributed by atoms with Crippen molar-refractivity contribution in [3.8, 4) is 11.5 Å². The Hall–Kier alpha value is -3.37. The number of piperazine rings is 1. The molecule has 0 bridgehead atoms. The first-order chi connectivity index (χ1) is 16.1. The van der Waals surface area contributed by atoms with Crippen LogP contribution >= 0.6 is 0 Å². The van der Waals surface area contributed by atoms with Crippen molar-refractivity contribution in [3.63, 3.8) is 0 Å². The van der Waals surface area contributed by atoms with E-state index >= 15 is 0 Å². The maximum Gasteiger partial charge on any atom is 0.309 e. The van der Waals surface area contributed by atoms with E-state index in [1.165, 1.54) is 6.07 Å². The Morgan fingerprint density at radius 2 is 1.73 bits per heavy atom. The van der Waals surface area contributed by atoms with Gasteiger partial charge in [0.15, 0.2) is 11.5 Å². The van der Waals surface area contributed by atoms with Gasteiger partial charge in [0.2, 0.25) is 6.79 Å². The van der Waals surface area contributed by atoms with Gasteiger partial charge in [-0.2, -0.15) is 0 Å². The van der Waals surface area contributed by atoms with Crippen LogP contribution in [0, 0.1) is 5.82 Å². The molecule has 2 aliphatic rings. The van der Waals surface area contributed by atoms with Crippen molar-refractivity contribution in [1.29, 1.82) is 0 Å². The number of ether oxygens (including phenoxy) is 2. The molecule has 9 nitrogen and oxygen atoms in total. The average Bonchev–Trinajstić information content (AvgIpc) is 3.31. The molecule has 0 aliphatic carbocycles. The SMILES string of the molecule is O=C(NCCO)C(=O)NC[C@H](c1ccc2c(c1)OCO2)N1CCN(c2ccccc2F)CC1. The molecule has 2 aliphatic heterocycles. The second kappa shape index (κ2) is 10.5. The Morgan fingerprint density at radius 1 is 1.00 bits per heavy atom. The van der Waals surface area contributed by atoms with Crippen LogP contribution in [0.3, 0.4) is 0 Å². The largest absolute Gasteiger partial charge is 0.454 e. The highest BCUT2D eigenvalue weighted by molar-refractivity contribution is 6.35. The number of carbonyl (C=O) groups is 2. The molecule has 0 unspecified atom stereocenters. The van der Waals surface area contributed by atoms with Gasteiger partial charge in [-0.25, -0.2) is 4.39 Å². The average molecular weight is 458 g/mol. The summed E-state index contributed by atoms with van der Waals surface area (Å²) in [5, 5.41) is 13.9. The zero-order valence-corrected chi connectivity index (χ0v) is 18.1. The second-order valence-corrected chi connectivity index (χ2v) is 7.79. The minimum atomic E-state index is -0.794. The number of anilines is 1. The number of nitrogens with zero attached hydrogens (tertiary/aromatic N) is 2. The Kier molecular flexibility index (Phi) is 7.26. The molecule has 10 heteroatoms. The highest BCUT2D eigenvalue weighted by Crippen LogP contribution is 2.35. The summed E-state index contributed by atoms with van der Waals surface area (Å²) in [6, 6.07) is 12.1. The highest BCUT2D eigenvalue weighted by Gasteiger charge is 2.28. The molecule has 1 fully saturated rings. The van der Waals surface area contributed by atoms with E-state index < -0.39 is 11.8 Å². The van der Waals surface area contributed by atoms with Gasteiger partial charge in [-0.15, -0.1) is 0 Å². The highest BCUT2D eigenvalue weighted by atomic mass is 19.1. The van der Waals surface area contributed by atoms with Crippen molar-refractivity contribution in [1.82, 2.24) is 15.5 Å². The monoisotopic (exact) mass is 458 g/mol. The van der Waals surface area contributed by atoms with E-state index in [1.54, 1.807) is 12.1 Å². The number of aliphatic hydroxyl groups excluding tert-OH is 1. The quantitative estimate of drug-likeness (QED) is 0.524. The number of fused-ring (bicyclic) bond motifs is 1. The molecule has 2 heterocycles. The van der Waals surface area contributed by atoms with E-state index in [1.807, 2.05) is 29.2 Å². The molecule has 1 saturated heterocycles. The lowest BCUT2D eigenvalue weighted by Gasteiger charge is -2.40. The summed E-state index contributed by atoms with van der Waals surface area (Å²) in [7, 11) is 0. The third-order valence-electron chi connectivity index (χ3n) is 5.79. The van der Waals surface area contributed by atoms with Crippen LogP contribution in [0.5, 0.6) is 11.5 Å². The van der Waals surface area contributed by atoms with Gasteiger partial charge in [0.25, 0.3) is 0 Å². The number of para-hydroxylation sites is 1. The van der Waals surface area contributed by atoms with E-state index in [-0.39, 0.29) is 38.3 Å². The first kappa shape index (κ1) is 22.8. The molecule has 2 aromatic rings. The van der Waals surface area contributed by atoms with Crippen LogP contribution in [0.1, 0.15) is 11.6 Å². The van der Waals surface area contributed by atoms with Crippen LogP contribution in [-0.2, 0) is 9.59 Å². The van der Waals surface area contributed by atoms with Crippen molar-refractivity contribution in [3.05, 3.63) is 53.8 Å². The Labute approximate surface area is 191 Å². The lowest BCUT2D eigenvalue weighted by molar-refractivity contribution is -0.139. The van der Waals surface area contributed by atoms with Crippen molar-refractivity contribution in [2.45, 2.75) is 6.04 Å². The minimum absolute atomic E-state index is 0.00977. The number of hydrogen-bond donors (Lipinski definition) is 3. The molecule has 1 atom stereocenters. The molecule has 0 aromatic heterocycles. The number of amides is 2. The predicted molar refractivity (Wildman–Crippen MR) is 119 cm³/mol. The summed E-state index contributed by atoms with van der Waals surface area (Å²) in [5.74, 6) is -0.514. The third kappa shape index (κ3) is 5.35. The van der Waals surface area contributed by atoms with Crippen molar-refractivity contribution in [2.24, 2.45) is 0 Å². The Bertz CT molecular complexity index is 997. The molecule has 33 heavy (non-hydrogen) atoms. The molecule has 0 saturated carbocycles. The number of halogens is 1. The van der Waals surface area contributed by atoms with Gasteiger partial charge < -0.3 is 30.1 Å². The number of carbonyl (C=O) groups excluding carboxylic acids is 2. The van der Waals surface area contributed by atoms with Gasteiger partial charge in [-0.3, -0.25) is 14.5 Å². The zero-order chi connectivity index (χ0) is 23.2. The summed E-state index contributed by atoms with van der Waals surface area (Å²) in [6.45, 7) is 2.64. The molecule has 0 spiro atoms. The van der Waals surface area contributed by atoms with Crippen LogP contribution in [0.15, 0.2) is 42.5 Å². The van der Waals surface area contributed by atoms with Crippen LogP contribution in [0.25, 0.3) is 0 Å². The van der Waals surface area contributed by atoms with E-state index in [0.717, 1.165) is 5.56 Å². The zero-order valence-electron chi connectivity index (χ0n) is 18.1. The normalized spacial score (nSPS) is 16.4. The predicted octanol–water partition coefficient (Wildman–Crippen LogP) is 0.642. The van der Waals surface area contributed by atoms with Crippen molar-refractivity contribution >= 4 is 17.5 Å². The minimum Gasteiger partial charge on any atom is -0.454 e. The van der Waals surface area contributed by atoms with Gasteiger partial charge in [0.05, 0.1) is 18.3 Å². The van der Waals surface area contributed by atoms with E-state index in [4.69, 9.17) is 14.6 Å². The van der Waals surface area contributed by atoms with E-state index in [9.17, 15) is 14.0 Å². The molecular formula is C23H27FN4O5. The van der Waals surface area contributed by atoms with Crippen molar-refractivity contribution in [2.75, 3.05) is 57.6 Å². The summed E-state index contributed by atoms with van der Waals surface area (Å²) in [6.07, 6.45) is 0. The fourth-order valence-corrected chi connectivity index (χ4v) is 4.08. The molecule has 2 aromatic carbocycles. The molecule has 4 rings (SSSR count).